The lowest BCUT2D eigenvalue weighted by atomic mass is 10.0. The van der Waals surface area contributed by atoms with Gasteiger partial charge in [0.15, 0.2) is 0 Å². The quantitative estimate of drug-likeness (QED) is 0.782. The maximum absolute atomic E-state index is 5.58. The predicted molar refractivity (Wildman–Crippen MR) is 72.1 cm³/mol. The van der Waals surface area contributed by atoms with Crippen LogP contribution in [0.5, 0.6) is 0 Å². The van der Waals surface area contributed by atoms with Crippen LogP contribution in [0.4, 0.5) is 0 Å². The van der Waals surface area contributed by atoms with Gasteiger partial charge in [-0.25, -0.2) is 0 Å². The van der Waals surface area contributed by atoms with Crippen molar-refractivity contribution in [2.75, 3.05) is 6.54 Å². The van der Waals surface area contributed by atoms with E-state index in [0.717, 1.165) is 24.1 Å². The number of hydrogen-bond donors (Lipinski definition) is 1. The van der Waals surface area contributed by atoms with Crippen molar-refractivity contribution in [3.8, 4) is 0 Å². The third kappa shape index (κ3) is 2.42. The summed E-state index contributed by atoms with van der Waals surface area (Å²) in [5.41, 5.74) is 3.23. The van der Waals surface area contributed by atoms with Gasteiger partial charge in [-0.3, -0.25) is 0 Å². The van der Waals surface area contributed by atoms with Crippen molar-refractivity contribution in [3.63, 3.8) is 0 Å². The highest BCUT2D eigenvalue weighted by Gasteiger charge is 2.16. The molecule has 2 nitrogen and oxygen atoms in total. The van der Waals surface area contributed by atoms with Crippen molar-refractivity contribution in [2.24, 2.45) is 0 Å². The minimum atomic E-state index is 0.179. The van der Waals surface area contributed by atoms with E-state index in [0.29, 0.717) is 0 Å². The molecule has 0 saturated heterocycles. The van der Waals surface area contributed by atoms with Crippen LogP contribution in [0.2, 0.25) is 0 Å². The third-order valence-corrected chi connectivity index (χ3v) is 2.91. The average Bonchev–Trinajstić information content (AvgIpc) is 2.73. The molecule has 0 fully saturated rings. The minimum Gasteiger partial charge on any atom is -0.464 e. The number of rotatable bonds is 5. The standard InChI is InChI=1S/C15H19NO/c1-4-9-16-15(11(2)3)13-10-17-14-8-6-5-7-12(13)14/h5-8,10,15-16H,2,4,9H2,1,3H3. The van der Waals surface area contributed by atoms with E-state index in [2.05, 4.69) is 31.8 Å². The molecule has 0 spiro atoms. The van der Waals surface area contributed by atoms with Gasteiger partial charge in [0.2, 0.25) is 0 Å². The second-order valence-corrected chi connectivity index (χ2v) is 4.42. The average molecular weight is 229 g/mol. The fourth-order valence-corrected chi connectivity index (χ4v) is 2.06. The van der Waals surface area contributed by atoms with Crippen LogP contribution in [0.15, 0.2) is 47.1 Å². The Balaban J connectivity index is 2.38. The lowest BCUT2D eigenvalue weighted by molar-refractivity contribution is 0.567. The predicted octanol–water partition coefficient (Wildman–Crippen LogP) is 4.05. The van der Waals surface area contributed by atoms with E-state index in [4.69, 9.17) is 4.42 Å². The van der Waals surface area contributed by atoms with Crippen LogP contribution >= 0.6 is 0 Å². The van der Waals surface area contributed by atoms with Gasteiger partial charge in [0, 0.05) is 10.9 Å². The molecule has 1 N–H and O–H groups in total. The molecule has 0 aliphatic heterocycles. The van der Waals surface area contributed by atoms with Crippen LogP contribution < -0.4 is 5.32 Å². The van der Waals surface area contributed by atoms with Crippen LogP contribution in [0, 0.1) is 0 Å². The van der Waals surface area contributed by atoms with E-state index in [9.17, 15) is 0 Å². The Labute approximate surface area is 102 Å². The van der Waals surface area contributed by atoms with Gasteiger partial charge in [-0.15, -0.1) is 0 Å². The molecule has 0 aliphatic rings. The number of para-hydroxylation sites is 1. The highest BCUT2D eigenvalue weighted by Crippen LogP contribution is 2.29. The summed E-state index contributed by atoms with van der Waals surface area (Å²) in [6.07, 6.45) is 2.95. The fraction of sp³-hybridized carbons (Fsp3) is 0.333. The Morgan fingerprint density at radius 3 is 2.88 bits per heavy atom. The molecule has 0 bridgehead atoms. The van der Waals surface area contributed by atoms with Gasteiger partial charge in [-0.1, -0.05) is 37.3 Å². The molecule has 1 heterocycles. The Bertz CT molecular complexity index is 512. The first-order chi connectivity index (χ1) is 8.24. The van der Waals surface area contributed by atoms with Crippen LogP contribution in [0.3, 0.4) is 0 Å². The van der Waals surface area contributed by atoms with Crippen molar-refractivity contribution >= 4 is 11.0 Å². The van der Waals surface area contributed by atoms with Crippen LogP contribution in [0.25, 0.3) is 11.0 Å². The van der Waals surface area contributed by atoms with Gasteiger partial charge in [0.05, 0.1) is 12.3 Å². The van der Waals surface area contributed by atoms with Gasteiger partial charge >= 0.3 is 0 Å². The van der Waals surface area contributed by atoms with E-state index >= 15 is 0 Å². The van der Waals surface area contributed by atoms with Crippen molar-refractivity contribution in [3.05, 3.63) is 48.2 Å². The normalized spacial score (nSPS) is 12.8. The molecule has 0 saturated carbocycles. The van der Waals surface area contributed by atoms with Gasteiger partial charge in [0.1, 0.15) is 5.58 Å². The van der Waals surface area contributed by atoms with Gasteiger partial charge in [-0.05, 0) is 26.0 Å². The summed E-state index contributed by atoms with van der Waals surface area (Å²) in [4.78, 5) is 0. The highest BCUT2D eigenvalue weighted by molar-refractivity contribution is 5.81. The molecular weight excluding hydrogens is 210 g/mol. The lowest BCUT2D eigenvalue weighted by Crippen LogP contribution is -2.22. The van der Waals surface area contributed by atoms with Crippen molar-refractivity contribution in [2.45, 2.75) is 26.3 Å². The molecule has 1 aromatic heterocycles. The van der Waals surface area contributed by atoms with Crippen molar-refractivity contribution < 1.29 is 4.42 Å². The summed E-state index contributed by atoms with van der Waals surface area (Å²) in [7, 11) is 0. The number of fused-ring (bicyclic) bond motifs is 1. The van der Waals surface area contributed by atoms with Crippen LogP contribution in [-0.4, -0.2) is 6.54 Å². The topological polar surface area (TPSA) is 25.2 Å². The summed E-state index contributed by atoms with van der Waals surface area (Å²) in [5, 5.41) is 4.67. The Hall–Kier alpha value is -1.54. The summed E-state index contributed by atoms with van der Waals surface area (Å²) < 4.78 is 5.58. The number of benzene rings is 1. The maximum atomic E-state index is 5.58. The fourth-order valence-electron chi connectivity index (χ4n) is 2.06. The third-order valence-electron chi connectivity index (χ3n) is 2.91. The molecule has 1 unspecified atom stereocenters. The van der Waals surface area contributed by atoms with E-state index in [1.165, 1.54) is 10.9 Å². The maximum Gasteiger partial charge on any atom is 0.134 e. The first-order valence-corrected chi connectivity index (χ1v) is 6.09. The van der Waals surface area contributed by atoms with Crippen molar-refractivity contribution in [1.29, 1.82) is 0 Å². The molecule has 2 heteroatoms. The van der Waals surface area contributed by atoms with Gasteiger partial charge in [-0.2, -0.15) is 0 Å². The zero-order valence-corrected chi connectivity index (χ0v) is 10.5. The minimum absolute atomic E-state index is 0.179. The molecule has 0 amide bonds. The molecule has 0 aliphatic carbocycles. The number of hydrogen-bond acceptors (Lipinski definition) is 2. The largest absolute Gasteiger partial charge is 0.464 e. The molecule has 17 heavy (non-hydrogen) atoms. The second-order valence-electron chi connectivity index (χ2n) is 4.42. The van der Waals surface area contributed by atoms with Crippen LogP contribution in [0.1, 0.15) is 31.9 Å². The summed E-state index contributed by atoms with van der Waals surface area (Å²) in [6.45, 7) is 9.26. The smallest absolute Gasteiger partial charge is 0.134 e. The molecular formula is C15H19NO. The number of furan rings is 1. The summed E-state index contributed by atoms with van der Waals surface area (Å²) in [5.74, 6) is 0. The monoisotopic (exact) mass is 229 g/mol. The SMILES string of the molecule is C=C(C)C(NCCC)c1coc2ccccc12. The number of nitrogens with one attached hydrogen (secondary N) is 1. The summed E-state index contributed by atoms with van der Waals surface area (Å²) in [6, 6.07) is 8.30. The van der Waals surface area contributed by atoms with E-state index < -0.39 is 0 Å². The molecule has 2 rings (SSSR count). The Morgan fingerprint density at radius 1 is 1.41 bits per heavy atom. The van der Waals surface area contributed by atoms with Crippen molar-refractivity contribution in [1.82, 2.24) is 5.32 Å². The first kappa shape index (κ1) is 11.9. The highest BCUT2D eigenvalue weighted by atomic mass is 16.3. The molecule has 1 atom stereocenters. The second kappa shape index (κ2) is 5.19. The zero-order valence-electron chi connectivity index (χ0n) is 10.5. The molecule has 90 valence electrons. The van der Waals surface area contributed by atoms with Gasteiger partial charge in [0.25, 0.3) is 0 Å². The Morgan fingerprint density at radius 2 is 2.18 bits per heavy atom. The lowest BCUT2D eigenvalue weighted by Gasteiger charge is -2.17. The zero-order chi connectivity index (χ0) is 12.3. The van der Waals surface area contributed by atoms with Crippen LogP contribution in [-0.2, 0) is 0 Å². The molecule has 2 aromatic rings. The van der Waals surface area contributed by atoms with E-state index in [-0.39, 0.29) is 6.04 Å². The molecule has 0 radical (unpaired) electrons. The first-order valence-electron chi connectivity index (χ1n) is 6.09. The Kier molecular flexibility index (Phi) is 3.64. The van der Waals surface area contributed by atoms with E-state index in [1.54, 1.807) is 0 Å². The molecule has 1 aromatic carbocycles. The summed E-state index contributed by atoms with van der Waals surface area (Å²) >= 11 is 0. The van der Waals surface area contributed by atoms with E-state index in [1.807, 2.05) is 24.5 Å². The van der Waals surface area contributed by atoms with Gasteiger partial charge < -0.3 is 9.73 Å².